The lowest BCUT2D eigenvalue weighted by atomic mass is 10.2. The normalized spacial score (nSPS) is 14.6. The lowest BCUT2D eigenvalue weighted by Gasteiger charge is -1.98. The molecule has 0 atom stereocenters. The van der Waals surface area contributed by atoms with Crippen LogP contribution >= 0.6 is 0 Å². The second kappa shape index (κ2) is 4.45. The van der Waals surface area contributed by atoms with Crippen molar-refractivity contribution >= 4 is 9.84 Å². The highest BCUT2D eigenvalue weighted by Crippen LogP contribution is 2.07. The van der Waals surface area contributed by atoms with Crippen LogP contribution in [0.25, 0.3) is 0 Å². The van der Waals surface area contributed by atoms with E-state index in [-0.39, 0.29) is 0 Å². The highest BCUT2D eigenvalue weighted by Gasteiger charge is 2.05. The molecule has 0 radical (unpaired) electrons. The largest absolute Gasteiger partial charge is 0.224 e. The van der Waals surface area contributed by atoms with Crippen LogP contribution in [0.1, 0.15) is 20.8 Å². The zero-order valence-corrected chi connectivity index (χ0v) is 8.85. The predicted octanol–water partition coefficient (Wildman–Crippen LogP) is 2.15. The first-order valence-electron chi connectivity index (χ1n) is 3.92. The molecule has 2 nitrogen and oxygen atoms in total. The summed E-state index contributed by atoms with van der Waals surface area (Å²) in [4.78, 5) is 0.385. The lowest BCUT2D eigenvalue weighted by Crippen LogP contribution is -1.98. The molecule has 0 fully saturated rings. The fourth-order valence-electron chi connectivity index (χ4n) is 0.721. The third-order valence-electron chi connectivity index (χ3n) is 1.36. The van der Waals surface area contributed by atoms with Gasteiger partial charge in [0.05, 0.1) is 4.91 Å². The number of sulfone groups is 1. The average molecular weight is 188 g/mol. The van der Waals surface area contributed by atoms with Crippen LogP contribution in [0, 0.1) is 5.92 Å². The summed E-state index contributed by atoms with van der Waals surface area (Å²) < 4.78 is 22.1. The molecule has 0 aromatic carbocycles. The second-order valence-corrected chi connectivity index (χ2v) is 5.08. The summed E-state index contributed by atoms with van der Waals surface area (Å²) in [6.07, 6.45) is 6.34. The Hall–Kier alpha value is -0.570. The van der Waals surface area contributed by atoms with Crippen molar-refractivity contribution in [3.8, 4) is 0 Å². The first-order chi connectivity index (χ1) is 5.38. The van der Waals surface area contributed by atoms with Crippen LogP contribution in [-0.2, 0) is 9.84 Å². The van der Waals surface area contributed by atoms with Gasteiger partial charge in [0.1, 0.15) is 0 Å². The Kier molecular flexibility index (Phi) is 4.24. The van der Waals surface area contributed by atoms with E-state index in [4.69, 9.17) is 0 Å². The molecule has 0 saturated carbocycles. The Labute approximate surface area is 74.9 Å². The highest BCUT2D eigenvalue weighted by molar-refractivity contribution is 7.94. The van der Waals surface area contributed by atoms with Gasteiger partial charge in [-0.3, -0.25) is 0 Å². The van der Waals surface area contributed by atoms with E-state index in [1.165, 1.54) is 6.26 Å². The van der Waals surface area contributed by atoms with E-state index in [2.05, 4.69) is 0 Å². The van der Waals surface area contributed by atoms with Crippen molar-refractivity contribution in [3.63, 3.8) is 0 Å². The SMILES string of the molecule is C/C=C(\C=C/C(C)C)S(C)(=O)=O. The van der Waals surface area contributed by atoms with Crippen molar-refractivity contribution in [2.24, 2.45) is 5.92 Å². The maximum atomic E-state index is 11.1. The number of hydrogen-bond acceptors (Lipinski definition) is 2. The van der Waals surface area contributed by atoms with Crippen LogP contribution in [0.3, 0.4) is 0 Å². The summed E-state index contributed by atoms with van der Waals surface area (Å²) in [5, 5.41) is 0. The Morgan fingerprint density at radius 2 is 1.83 bits per heavy atom. The third-order valence-corrected chi connectivity index (χ3v) is 2.59. The molecule has 0 rings (SSSR count). The van der Waals surface area contributed by atoms with Gasteiger partial charge in [-0.1, -0.05) is 26.0 Å². The summed E-state index contributed by atoms with van der Waals surface area (Å²) in [5.41, 5.74) is 0. The Bertz CT molecular complexity index is 282. The van der Waals surface area contributed by atoms with Crippen LogP contribution in [-0.4, -0.2) is 14.7 Å². The minimum absolute atomic E-state index is 0.377. The zero-order valence-electron chi connectivity index (χ0n) is 8.03. The highest BCUT2D eigenvalue weighted by atomic mass is 32.2. The van der Waals surface area contributed by atoms with Crippen molar-refractivity contribution < 1.29 is 8.42 Å². The van der Waals surface area contributed by atoms with Gasteiger partial charge in [0, 0.05) is 6.26 Å². The van der Waals surface area contributed by atoms with Crippen molar-refractivity contribution in [2.75, 3.05) is 6.26 Å². The van der Waals surface area contributed by atoms with Crippen LogP contribution in [0.2, 0.25) is 0 Å². The van der Waals surface area contributed by atoms with Crippen LogP contribution < -0.4 is 0 Å². The van der Waals surface area contributed by atoms with E-state index in [0.717, 1.165) is 0 Å². The second-order valence-electron chi connectivity index (χ2n) is 3.07. The molecule has 0 unspecified atom stereocenters. The molecule has 0 N–H and O–H groups in total. The van der Waals surface area contributed by atoms with Gasteiger partial charge in [-0.05, 0) is 18.9 Å². The molecular formula is C9H16O2S. The van der Waals surface area contributed by atoms with E-state index in [1.54, 1.807) is 19.1 Å². The fourth-order valence-corrected chi connectivity index (χ4v) is 1.48. The summed E-state index contributed by atoms with van der Waals surface area (Å²) in [6.45, 7) is 5.74. The predicted molar refractivity (Wildman–Crippen MR) is 52.6 cm³/mol. The molecule has 0 amide bonds. The van der Waals surface area contributed by atoms with Crippen LogP contribution in [0.15, 0.2) is 23.1 Å². The summed E-state index contributed by atoms with van der Waals surface area (Å²) in [6, 6.07) is 0. The molecule has 70 valence electrons. The maximum Gasteiger partial charge on any atom is 0.175 e. The Balaban J connectivity index is 4.66. The topological polar surface area (TPSA) is 34.1 Å². The minimum Gasteiger partial charge on any atom is -0.224 e. The van der Waals surface area contributed by atoms with Gasteiger partial charge in [0.25, 0.3) is 0 Å². The monoisotopic (exact) mass is 188 g/mol. The van der Waals surface area contributed by atoms with Gasteiger partial charge < -0.3 is 0 Å². The fraction of sp³-hybridized carbons (Fsp3) is 0.556. The van der Waals surface area contributed by atoms with Crippen molar-refractivity contribution in [2.45, 2.75) is 20.8 Å². The zero-order chi connectivity index (χ0) is 9.78. The van der Waals surface area contributed by atoms with E-state index >= 15 is 0 Å². The van der Waals surface area contributed by atoms with E-state index < -0.39 is 9.84 Å². The van der Waals surface area contributed by atoms with Crippen molar-refractivity contribution in [3.05, 3.63) is 23.1 Å². The molecule has 3 heteroatoms. The van der Waals surface area contributed by atoms with E-state index in [9.17, 15) is 8.42 Å². The molecule has 0 saturated heterocycles. The van der Waals surface area contributed by atoms with Gasteiger partial charge in [-0.25, -0.2) is 8.42 Å². The quantitative estimate of drug-likeness (QED) is 0.636. The maximum absolute atomic E-state index is 11.1. The molecule has 0 aliphatic carbocycles. The van der Waals surface area contributed by atoms with E-state index in [1.807, 2.05) is 19.9 Å². The standard InChI is InChI=1S/C9H16O2S/c1-5-9(12(4,10)11)7-6-8(2)3/h5-8H,1-4H3/b7-6-,9-5+. The molecule has 0 heterocycles. The third kappa shape index (κ3) is 4.34. The van der Waals surface area contributed by atoms with Gasteiger partial charge >= 0.3 is 0 Å². The smallest absolute Gasteiger partial charge is 0.175 e. The van der Waals surface area contributed by atoms with Crippen LogP contribution in [0.4, 0.5) is 0 Å². The van der Waals surface area contributed by atoms with Crippen molar-refractivity contribution in [1.82, 2.24) is 0 Å². The average Bonchev–Trinajstić information content (AvgIpc) is 1.85. The molecule has 0 aromatic heterocycles. The Morgan fingerprint density at radius 1 is 1.33 bits per heavy atom. The van der Waals surface area contributed by atoms with Crippen molar-refractivity contribution in [1.29, 1.82) is 0 Å². The summed E-state index contributed by atoms with van der Waals surface area (Å²) in [5.74, 6) is 0.377. The van der Waals surface area contributed by atoms with Gasteiger partial charge in [-0.2, -0.15) is 0 Å². The lowest BCUT2D eigenvalue weighted by molar-refractivity contribution is 0.608. The van der Waals surface area contributed by atoms with Gasteiger partial charge in [0.2, 0.25) is 0 Å². The minimum atomic E-state index is -3.04. The first kappa shape index (κ1) is 11.4. The summed E-state index contributed by atoms with van der Waals surface area (Å²) in [7, 11) is -3.04. The number of allylic oxidation sites excluding steroid dienone is 3. The molecule has 0 spiro atoms. The van der Waals surface area contributed by atoms with Gasteiger partial charge in [0.15, 0.2) is 9.84 Å². The van der Waals surface area contributed by atoms with E-state index in [0.29, 0.717) is 10.8 Å². The molecule has 0 aliphatic rings. The molecule has 12 heavy (non-hydrogen) atoms. The number of rotatable bonds is 3. The Morgan fingerprint density at radius 3 is 2.08 bits per heavy atom. The first-order valence-corrected chi connectivity index (χ1v) is 5.81. The summed E-state index contributed by atoms with van der Waals surface area (Å²) >= 11 is 0. The molecule has 0 bridgehead atoms. The van der Waals surface area contributed by atoms with Crippen LogP contribution in [0.5, 0.6) is 0 Å². The molecular weight excluding hydrogens is 172 g/mol. The molecule has 0 aliphatic heterocycles. The molecule has 0 aromatic rings. The van der Waals surface area contributed by atoms with Gasteiger partial charge in [-0.15, -0.1) is 0 Å². The number of hydrogen-bond donors (Lipinski definition) is 0.